The molecule has 0 amide bonds. The summed E-state index contributed by atoms with van der Waals surface area (Å²) in [7, 11) is 0. The van der Waals surface area contributed by atoms with Gasteiger partial charge in [0.05, 0.1) is 7.14 Å². The fourth-order valence-electron chi connectivity index (χ4n) is 2.31. The highest BCUT2D eigenvalue weighted by atomic mass is 127. The molecule has 0 aliphatic carbocycles. The highest BCUT2D eigenvalue weighted by Crippen LogP contribution is 2.30. The number of hydrogen-bond donors (Lipinski definition) is 0. The molecule has 0 aliphatic heterocycles. The zero-order valence-corrected chi connectivity index (χ0v) is 17.0. The van der Waals surface area contributed by atoms with Gasteiger partial charge in [-0.05, 0) is 62.9 Å². The summed E-state index contributed by atoms with van der Waals surface area (Å²) < 4.78 is 7.85. The maximum Gasteiger partial charge on any atom is 0.193 e. The van der Waals surface area contributed by atoms with Crippen LogP contribution in [0.15, 0.2) is 72.8 Å². The number of ketones is 1. The van der Waals surface area contributed by atoms with Gasteiger partial charge in [0.1, 0.15) is 12.4 Å². The molecule has 0 atom stereocenters. The van der Waals surface area contributed by atoms with Crippen molar-refractivity contribution in [1.29, 1.82) is 0 Å². The monoisotopic (exact) mass is 540 g/mol. The van der Waals surface area contributed by atoms with E-state index in [1.165, 1.54) is 0 Å². The predicted octanol–water partition coefficient (Wildman–Crippen LogP) is 5.71. The van der Waals surface area contributed by atoms with Gasteiger partial charge >= 0.3 is 0 Å². The first kappa shape index (κ1) is 17.4. The summed E-state index contributed by atoms with van der Waals surface area (Å²) in [5.41, 5.74) is 2.50. The van der Waals surface area contributed by atoms with Crippen LogP contribution in [0.25, 0.3) is 0 Å². The maximum absolute atomic E-state index is 12.6. The minimum absolute atomic E-state index is 0.0287. The van der Waals surface area contributed by atoms with E-state index in [9.17, 15) is 4.79 Å². The first-order valence-corrected chi connectivity index (χ1v) is 9.56. The molecular formula is C20H14I2O2. The quantitative estimate of drug-likeness (QED) is 0.307. The van der Waals surface area contributed by atoms with Gasteiger partial charge in [-0.1, -0.05) is 60.7 Å². The van der Waals surface area contributed by atoms with Crippen molar-refractivity contribution >= 4 is 51.0 Å². The number of ether oxygens (including phenoxy) is 1. The highest BCUT2D eigenvalue weighted by molar-refractivity contribution is 14.1. The first-order chi connectivity index (χ1) is 11.6. The van der Waals surface area contributed by atoms with Crippen molar-refractivity contribution in [2.24, 2.45) is 0 Å². The van der Waals surface area contributed by atoms with Gasteiger partial charge in [-0.2, -0.15) is 0 Å². The molecule has 3 aromatic rings. The van der Waals surface area contributed by atoms with Crippen molar-refractivity contribution in [2.75, 3.05) is 0 Å². The van der Waals surface area contributed by atoms with Crippen LogP contribution in [0.2, 0.25) is 0 Å². The van der Waals surface area contributed by atoms with Gasteiger partial charge < -0.3 is 4.74 Å². The molecule has 0 fully saturated rings. The molecule has 0 aliphatic rings. The molecule has 0 saturated carbocycles. The zero-order valence-electron chi connectivity index (χ0n) is 12.7. The second-order valence-corrected chi connectivity index (χ2v) is 7.56. The van der Waals surface area contributed by atoms with Gasteiger partial charge in [-0.25, -0.2) is 0 Å². The minimum atomic E-state index is 0.0287. The van der Waals surface area contributed by atoms with Crippen LogP contribution in [0.4, 0.5) is 0 Å². The summed E-state index contributed by atoms with van der Waals surface area (Å²) in [6.45, 7) is 0.513. The second kappa shape index (κ2) is 8.11. The lowest BCUT2D eigenvalue weighted by Crippen LogP contribution is -2.05. The number of benzene rings is 3. The average molecular weight is 540 g/mol. The van der Waals surface area contributed by atoms with Crippen molar-refractivity contribution in [3.05, 3.63) is 96.6 Å². The third-order valence-electron chi connectivity index (χ3n) is 3.52. The molecule has 3 aromatic carbocycles. The molecule has 3 rings (SSSR count). The Morgan fingerprint density at radius 2 is 1.33 bits per heavy atom. The standard InChI is InChI=1S/C20H14I2O2/c21-17-11-16(19(23)15-9-5-2-6-10-15)12-18(22)20(17)24-13-14-7-3-1-4-8-14/h1-12H,13H2. The lowest BCUT2D eigenvalue weighted by atomic mass is 10.0. The van der Waals surface area contributed by atoms with Crippen LogP contribution in [-0.4, -0.2) is 5.78 Å². The smallest absolute Gasteiger partial charge is 0.193 e. The Balaban J connectivity index is 1.82. The molecule has 0 spiro atoms. The first-order valence-electron chi connectivity index (χ1n) is 7.40. The van der Waals surface area contributed by atoms with Crippen LogP contribution >= 0.6 is 45.2 Å². The van der Waals surface area contributed by atoms with Crippen LogP contribution in [-0.2, 0) is 6.61 Å². The highest BCUT2D eigenvalue weighted by Gasteiger charge is 2.15. The largest absolute Gasteiger partial charge is 0.487 e. The van der Waals surface area contributed by atoms with Gasteiger partial charge in [0.25, 0.3) is 0 Å². The number of carbonyl (C=O) groups is 1. The topological polar surface area (TPSA) is 26.3 Å². The molecule has 0 N–H and O–H groups in total. The van der Waals surface area contributed by atoms with E-state index in [0.717, 1.165) is 18.5 Å². The van der Waals surface area contributed by atoms with Crippen molar-refractivity contribution in [2.45, 2.75) is 6.61 Å². The van der Waals surface area contributed by atoms with Crippen LogP contribution in [0.3, 0.4) is 0 Å². The molecule has 120 valence electrons. The Bertz CT molecular complexity index is 823. The summed E-state index contributed by atoms with van der Waals surface area (Å²) in [5.74, 6) is 0.853. The fourth-order valence-corrected chi connectivity index (χ4v) is 4.39. The molecule has 0 saturated heterocycles. The minimum Gasteiger partial charge on any atom is -0.487 e. The van der Waals surface area contributed by atoms with E-state index in [2.05, 4.69) is 45.2 Å². The van der Waals surface area contributed by atoms with Crippen LogP contribution in [0.5, 0.6) is 5.75 Å². The molecule has 4 heteroatoms. The third kappa shape index (κ3) is 4.16. The summed E-state index contributed by atoms with van der Waals surface area (Å²) in [5, 5.41) is 0. The number of carbonyl (C=O) groups excluding carboxylic acids is 1. The van der Waals surface area contributed by atoms with Crippen molar-refractivity contribution in [3.63, 3.8) is 0 Å². The van der Waals surface area contributed by atoms with Gasteiger partial charge in [-0.3, -0.25) is 4.79 Å². The van der Waals surface area contributed by atoms with Crippen molar-refractivity contribution in [3.8, 4) is 5.75 Å². The second-order valence-electron chi connectivity index (χ2n) is 5.24. The van der Waals surface area contributed by atoms with Gasteiger partial charge in [-0.15, -0.1) is 0 Å². The van der Waals surface area contributed by atoms with E-state index in [0.29, 0.717) is 17.7 Å². The molecular weight excluding hydrogens is 526 g/mol. The van der Waals surface area contributed by atoms with Gasteiger partial charge in [0.15, 0.2) is 5.78 Å². The summed E-state index contributed by atoms with van der Waals surface area (Å²) >= 11 is 4.45. The molecule has 0 radical (unpaired) electrons. The Morgan fingerprint density at radius 1 is 0.792 bits per heavy atom. The van der Waals surface area contributed by atoms with E-state index >= 15 is 0 Å². The Morgan fingerprint density at radius 3 is 1.92 bits per heavy atom. The van der Waals surface area contributed by atoms with Crippen LogP contribution in [0.1, 0.15) is 21.5 Å². The normalized spacial score (nSPS) is 10.4. The average Bonchev–Trinajstić information content (AvgIpc) is 2.62. The number of halogens is 2. The van der Waals surface area contributed by atoms with Gasteiger partial charge in [0, 0.05) is 11.1 Å². The number of rotatable bonds is 5. The molecule has 24 heavy (non-hydrogen) atoms. The van der Waals surface area contributed by atoms with Crippen molar-refractivity contribution in [1.82, 2.24) is 0 Å². The molecule has 0 unspecified atom stereocenters. The Kier molecular flexibility index (Phi) is 5.89. The molecule has 0 aromatic heterocycles. The predicted molar refractivity (Wildman–Crippen MR) is 113 cm³/mol. The molecule has 2 nitrogen and oxygen atoms in total. The molecule has 0 heterocycles. The van der Waals surface area contributed by atoms with E-state index in [-0.39, 0.29) is 5.78 Å². The van der Waals surface area contributed by atoms with Crippen LogP contribution < -0.4 is 4.74 Å². The summed E-state index contributed by atoms with van der Waals surface area (Å²) in [4.78, 5) is 12.6. The number of hydrogen-bond acceptors (Lipinski definition) is 2. The van der Waals surface area contributed by atoms with E-state index in [4.69, 9.17) is 4.74 Å². The third-order valence-corrected chi connectivity index (χ3v) is 5.13. The van der Waals surface area contributed by atoms with Crippen molar-refractivity contribution < 1.29 is 9.53 Å². The van der Waals surface area contributed by atoms with Crippen LogP contribution in [0, 0.1) is 7.14 Å². The van der Waals surface area contributed by atoms with Gasteiger partial charge in [0.2, 0.25) is 0 Å². The molecule has 0 bridgehead atoms. The summed E-state index contributed by atoms with van der Waals surface area (Å²) in [6.07, 6.45) is 0. The Hall–Kier alpha value is -1.41. The SMILES string of the molecule is O=C(c1ccccc1)c1cc(I)c(OCc2ccccc2)c(I)c1. The van der Waals surface area contributed by atoms with E-state index in [1.54, 1.807) is 0 Å². The Labute approximate surface area is 168 Å². The summed E-state index contributed by atoms with van der Waals surface area (Å²) in [6, 6.07) is 23.2. The lowest BCUT2D eigenvalue weighted by Gasteiger charge is -2.12. The van der Waals surface area contributed by atoms with E-state index < -0.39 is 0 Å². The fraction of sp³-hybridized carbons (Fsp3) is 0.0500. The zero-order chi connectivity index (χ0) is 16.9. The van der Waals surface area contributed by atoms with E-state index in [1.807, 2.05) is 72.8 Å². The maximum atomic E-state index is 12.6. The lowest BCUT2D eigenvalue weighted by molar-refractivity contribution is 0.103.